The molecule has 0 fully saturated rings. The van der Waals surface area contributed by atoms with E-state index in [-0.39, 0.29) is 5.41 Å². The van der Waals surface area contributed by atoms with Crippen molar-refractivity contribution in [3.63, 3.8) is 0 Å². The zero-order chi connectivity index (χ0) is 84.1. The molecule has 8 heteroatoms. The zero-order valence-electron chi connectivity index (χ0n) is 70.4. The van der Waals surface area contributed by atoms with E-state index < -0.39 is 0 Å². The normalized spacial score (nSPS) is 11.2. The molecule has 0 spiro atoms. The molecule has 1 aliphatic rings. The summed E-state index contributed by atoms with van der Waals surface area (Å²) in [5, 5.41) is 0. The molecule has 0 unspecified atom stereocenters. The molecule has 0 bridgehead atoms. The number of anilines is 20. The molecule has 600 valence electrons. The lowest BCUT2D eigenvalue weighted by Gasteiger charge is -2.31. The first-order valence-corrected chi connectivity index (χ1v) is 42.0. The molecule has 0 aromatic heterocycles. The second kappa shape index (κ2) is 38.8. The molecule has 0 atom stereocenters. The van der Waals surface area contributed by atoms with Gasteiger partial charge < -0.3 is 39.2 Å². The van der Waals surface area contributed by atoms with Crippen molar-refractivity contribution in [2.75, 3.05) is 67.4 Å². The van der Waals surface area contributed by atoms with E-state index in [1.54, 1.807) is 0 Å². The maximum absolute atomic E-state index is 2.38. The van der Waals surface area contributed by atoms with Crippen LogP contribution in [-0.4, -0.2) is 28.2 Å². The van der Waals surface area contributed by atoms with Crippen LogP contribution >= 0.6 is 0 Å². The van der Waals surface area contributed by atoms with Gasteiger partial charge in [0.1, 0.15) is 0 Å². The van der Waals surface area contributed by atoms with Gasteiger partial charge in [-0.25, -0.2) is 0 Å². The minimum absolute atomic E-state index is 0.104. The summed E-state index contributed by atoms with van der Waals surface area (Å²) in [5.41, 5.74) is 30.8. The molecule has 1 aliphatic carbocycles. The van der Waals surface area contributed by atoms with E-state index in [2.05, 4.69) is 548 Å². The van der Waals surface area contributed by atoms with Crippen LogP contribution in [0.4, 0.5) is 114 Å². The van der Waals surface area contributed by atoms with E-state index in [1.165, 1.54) is 67.5 Å². The van der Waals surface area contributed by atoms with E-state index >= 15 is 0 Å². The smallest absolute Gasteiger partial charge is 0.0698 e. The van der Waals surface area contributed by atoms with Gasteiger partial charge in [-0.05, 0) is 258 Å². The van der Waals surface area contributed by atoms with Gasteiger partial charge in [0.2, 0.25) is 0 Å². The SMILES string of the molecule is CN(c1ccccc1)c1ccc(-c2ccc(N(c3ccccc3)c3ccccc3)cc2)cc1.CN(c1ccccc1)c1ccc2c(c1)C(C)(C)c1cc(N(c3ccccc3)c3ccccc3)ccc1-2.CN(c1ccccc1)c1cccc(N(c2ccccc2)c2ccccc2)c1.CN(c1ccccc1)c1ccccc1N(c1ccccc1)c1ccccc1. The summed E-state index contributed by atoms with van der Waals surface area (Å²) in [6.07, 6.45) is 0. The molecule has 123 heavy (non-hydrogen) atoms. The minimum atomic E-state index is -0.104. The molecule has 0 N–H and O–H groups in total. The Morgan fingerprint density at radius 2 is 0.341 bits per heavy atom. The second-order valence-corrected chi connectivity index (χ2v) is 30.8. The highest BCUT2D eigenvalue weighted by Crippen LogP contribution is 2.53. The lowest BCUT2D eigenvalue weighted by Crippen LogP contribution is -2.17. The van der Waals surface area contributed by atoms with Crippen LogP contribution in [0.1, 0.15) is 25.0 Å². The first-order chi connectivity index (χ1) is 60.5. The summed E-state index contributed by atoms with van der Waals surface area (Å²) in [6.45, 7) is 4.70. The van der Waals surface area contributed by atoms with Crippen LogP contribution in [0.3, 0.4) is 0 Å². The largest absolute Gasteiger partial charge is 0.345 e. The van der Waals surface area contributed by atoms with Gasteiger partial charge in [0.15, 0.2) is 0 Å². The monoisotopic (exact) mass is 1590 g/mol. The first kappa shape index (κ1) is 81.1. The van der Waals surface area contributed by atoms with E-state index in [0.29, 0.717) is 0 Å². The van der Waals surface area contributed by atoms with Gasteiger partial charge in [0.05, 0.1) is 11.4 Å². The quantitative estimate of drug-likeness (QED) is 0.0702. The average molecular weight is 1590 g/mol. The predicted molar refractivity (Wildman–Crippen MR) is 526 cm³/mol. The number of fused-ring (bicyclic) bond motifs is 3. The van der Waals surface area contributed by atoms with Crippen molar-refractivity contribution in [2.24, 2.45) is 0 Å². The fourth-order valence-corrected chi connectivity index (χ4v) is 16.1. The van der Waals surface area contributed by atoms with Gasteiger partial charge in [-0.3, -0.25) is 0 Å². The lowest BCUT2D eigenvalue weighted by molar-refractivity contribution is 0.660. The summed E-state index contributed by atoms with van der Waals surface area (Å²) in [4.78, 5) is 18.1. The van der Waals surface area contributed by atoms with Gasteiger partial charge >= 0.3 is 0 Å². The number of benzene rings is 18. The number of rotatable bonds is 21. The number of hydrogen-bond acceptors (Lipinski definition) is 8. The number of nitrogens with zero attached hydrogens (tertiary/aromatic N) is 8. The molecular formula is C115H100N8. The van der Waals surface area contributed by atoms with E-state index in [0.717, 1.165) is 79.6 Å². The summed E-state index contributed by atoms with van der Waals surface area (Å²) in [7, 11) is 8.45. The van der Waals surface area contributed by atoms with Crippen LogP contribution in [0.25, 0.3) is 22.3 Å². The van der Waals surface area contributed by atoms with Crippen LogP contribution in [0, 0.1) is 0 Å². The Hall–Kier alpha value is -15.6. The fourth-order valence-electron chi connectivity index (χ4n) is 16.1. The number of para-hydroxylation sites is 14. The Balaban J connectivity index is 0.000000122. The van der Waals surface area contributed by atoms with E-state index in [9.17, 15) is 0 Å². The Morgan fingerprint density at radius 3 is 0.675 bits per heavy atom. The highest BCUT2D eigenvalue weighted by molar-refractivity contribution is 5.90. The number of hydrogen-bond donors (Lipinski definition) is 0. The van der Waals surface area contributed by atoms with Crippen LogP contribution in [0.2, 0.25) is 0 Å². The lowest BCUT2D eigenvalue weighted by atomic mass is 9.82. The third-order valence-corrected chi connectivity index (χ3v) is 22.7. The Kier molecular flexibility index (Phi) is 25.6. The van der Waals surface area contributed by atoms with Gasteiger partial charge in [-0.1, -0.05) is 287 Å². The topological polar surface area (TPSA) is 25.9 Å². The van der Waals surface area contributed by atoms with Crippen molar-refractivity contribution < 1.29 is 0 Å². The van der Waals surface area contributed by atoms with Crippen molar-refractivity contribution in [3.8, 4) is 22.3 Å². The van der Waals surface area contributed by atoms with Crippen molar-refractivity contribution in [3.05, 3.63) is 509 Å². The van der Waals surface area contributed by atoms with Gasteiger partial charge in [-0.15, -0.1) is 0 Å². The Bertz CT molecular complexity index is 6150. The van der Waals surface area contributed by atoms with Crippen LogP contribution in [-0.2, 0) is 5.41 Å². The maximum Gasteiger partial charge on any atom is 0.0698 e. The van der Waals surface area contributed by atoms with E-state index in [1.807, 2.05) is 30.3 Å². The summed E-state index contributed by atoms with van der Waals surface area (Å²) >= 11 is 0. The van der Waals surface area contributed by atoms with Gasteiger partial charge in [0.25, 0.3) is 0 Å². The standard InChI is InChI=1S/C34H30N2.C31H26N2.2C25H22N2/c1-34(2)32-23-28(35(3)25-13-7-4-8-14-25)19-21-30(32)31-22-20-29(24-33(31)34)36(26-15-9-5-10-16-26)27-17-11-6-12-18-27;1-32(27-11-5-2-6-12-27)28-21-17-25(18-22-28)26-19-23-31(24-20-26)33(29-13-7-3-8-14-29)30-15-9-4-10-16-30;1-26(21-13-5-2-6-14-21)24-19-11-12-20-25(24)27(22-15-7-3-8-16-22)23-17-9-4-10-18-23;1-26(21-12-5-2-6-13-21)24-18-11-19-25(20-24)27(22-14-7-3-8-15-22)23-16-9-4-10-17-23/h4-24H,1-3H3;2-24H,1H3;2*2-20H,1H3. The summed E-state index contributed by atoms with van der Waals surface area (Å²) in [6, 6.07) is 175. The van der Waals surface area contributed by atoms with Crippen LogP contribution in [0.5, 0.6) is 0 Å². The highest BCUT2D eigenvalue weighted by atomic mass is 15.2. The van der Waals surface area contributed by atoms with Crippen molar-refractivity contribution >= 4 is 114 Å². The Labute approximate surface area is 726 Å². The van der Waals surface area contributed by atoms with Crippen molar-refractivity contribution in [1.82, 2.24) is 0 Å². The molecule has 8 nitrogen and oxygen atoms in total. The second-order valence-electron chi connectivity index (χ2n) is 30.8. The third kappa shape index (κ3) is 18.9. The molecule has 0 radical (unpaired) electrons. The zero-order valence-corrected chi connectivity index (χ0v) is 70.4. The molecule has 18 aromatic rings. The van der Waals surface area contributed by atoms with Crippen molar-refractivity contribution in [1.29, 1.82) is 0 Å². The van der Waals surface area contributed by atoms with Gasteiger partial charge in [0, 0.05) is 136 Å². The molecule has 18 aromatic carbocycles. The molecule has 0 heterocycles. The molecule has 0 amide bonds. The van der Waals surface area contributed by atoms with Gasteiger partial charge in [-0.2, -0.15) is 0 Å². The summed E-state index contributed by atoms with van der Waals surface area (Å²) in [5.74, 6) is 0. The molecule has 19 rings (SSSR count). The highest BCUT2D eigenvalue weighted by Gasteiger charge is 2.37. The molecule has 0 aliphatic heterocycles. The predicted octanol–water partition coefficient (Wildman–Crippen LogP) is 31.7. The minimum Gasteiger partial charge on any atom is -0.345 e. The van der Waals surface area contributed by atoms with E-state index in [4.69, 9.17) is 0 Å². The molecule has 0 saturated carbocycles. The maximum atomic E-state index is 2.38. The molecule has 0 saturated heterocycles. The Morgan fingerprint density at radius 1 is 0.146 bits per heavy atom. The van der Waals surface area contributed by atoms with Crippen molar-refractivity contribution in [2.45, 2.75) is 19.3 Å². The van der Waals surface area contributed by atoms with Crippen LogP contribution < -0.4 is 39.2 Å². The third-order valence-electron chi connectivity index (χ3n) is 22.7. The van der Waals surface area contributed by atoms with Crippen LogP contribution in [0.15, 0.2) is 497 Å². The fraction of sp³-hybridized carbons (Fsp3) is 0.0609. The first-order valence-electron chi connectivity index (χ1n) is 42.0. The summed E-state index contributed by atoms with van der Waals surface area (Å²) < 4.78 is 0. The molecular weight excluding hydrogens is 1490 g/mol. The average Bonchev–Trinajstić information content (AvgIpc) is 1.57.